The summed E-state index contributed by atoms with van der Waals surface area (Å²) < 4.78 is 0. The molecule has 0 atom stereocenters. The molecular formula is C21H43N. The first-order valence-electron chi connectivity index (χ1n) is 10.2. The van der Waals surface area contributed by atoms with E-state index < -0.39 is 0 Å². The number of unbranched alkanes of at least 4 members (excludes halogenated alkanes) is 11. The number of nitrogens with zero attached hydrogens (tertiary/aromatic N) is 1. The molecular weight excluding hydrogens is 266 g/mol. The van der Waals surface area contributed by atoms with Gasteiger partial charge in [0.05, 0.1) is 0 Å². The fourth-order valence-electron chi connectivity index (χ4n) is 2.95. The van der Waals surface area contributed by atoms with E-state index in [2.05, 4.69) is 37.8 Å². The first kappa shape index (κ1) is 21.7. The fourth-order valence-corrected chi connectivity index (χ4v) is 2.95. The van der Waals surface area contributed by atoms with Crippen LogP contribution in [0.15, 0.2) is 12.2 Å². The van der Waals surface area contributed by atoms with Crippen molar-refractivity contribution in [2.75, 3.05) is 19.6 Å². The molecule has 0 radical (unpaired) electrons. The van der Waals surface area contributed by atoms with Gasteiger partial charge in [0, 0.05) is 0 Å². The highest BCUT2D eigenvalue weighted by Crippen LogP contribution is 2.09. The van der Waals surface area contributed by atoms with Gasteiger partial charge in [-0.15, -0.1) is 0 Å². The van der Waals surface area contributed by atoms with E-state index in [4.69, 9.17) is 0 Å². The maximum Gasteiger partial charge on any atom is -0.00190 e. The van der Waals surface area contributed by atoms with Crippen molar-refractivity contribution >= 4 is 0 Å². The summed E-state index contributed by atoms with van der Waals surface area (Å²) in [6.45, 7) is 10.5. The van der Waals surface area contributed by atoms with Crippen LogP contribution in [-0.2, 0) is 0 Å². The molecule has 0 aromatic heterocycles. The van der Waals surface area contributed by atoms with Crippen LogP contribution in [0, 0.1) is 0 Å². The van der Waals surface area contributed by atoms with Gasteiger partial charge in [0.1, 0.15) is 0 Å². The summed E-state index contributed by atoms with van der Waals surface area (Å²) >= 11 is 0. The second-order valence-electron chi connectivity index (χ2n) is 6.61. The lowest BCUT2D eigenvalue weighted by atomic mass is 10.1. The number of hydrogen-bond donors (Lipinski definition) is 0. The van der Waals surface area contributed by atoms with Crippen LogP contribution in [0.25, 0.3) is 0 Å². The number of rotatable bonds is 17. The van der Waals surface area contributed by atoms with Gasteiger partial charge < -0.3 is 4.90 Å². The normalized spacial score (nSPS) is 11.8. The average molecular weight is 310 g/mol. The Hall–Kier alpha value is -0.300. The Morgan fingerprint density at radius 1 is 0.545 bits per heavy atom. The molecule has 0 bridgehead atoms. The smallest absolute Gasteiger partial charge is 0.00190 e. The molecule has 1 heteroatoms. The van der Waals surface area contributed by atoms with Gasteiger partial charge in [-0.2, -0.15) is 0 Å². The second kappa shape index (κ2) is 18.7. The predicted octanol–water partition coefficient (Wildman–Crippen LogP) is 6.98. The molecule has 0 aliphatic heterocycles. The van der Waals surface area contributed by atoms with Crippen molar-refractivity contribution in [2.45, 2.75) is 104 Å². The molecule has 132 valence electrons. The van der Waals surface area contributed by atoms with Gasteiger partial charge in [0.25, 0.3) is 0 Å². The van der Waals surface area contributed by atoms with E-state index >= 15 is 0 Å². The van der Waals surface area contributed by atoms with E-state index in [-0.39, 0.29) is 0 Å². The van der Waals surface area contributed by atoms with Gasteiger partial charge in [-0.3, -0.25) is 0 Å². The van der Waals surface area contributed by atoms with Gasteiger partial charge in [0.15, 0.2) is 0 Å². The van der Waals surface area contributed by atoms with E-state index in [0.717, 1.165) is 0 Å². The molecule has 0 aromatic rings. The number of hydrogen-bond acceptors (Lipinski definition) is 1. The van der Waals surface area contributed by atoms with Crippen LogP contribution in [0.5, 0.6) is 0 Å². The van der Waals surface area contributed by atoms with Crippen molar-refractivity contribution in [2.24, 2.45) is 0 Å². The summed E-state index contributed by atoms with van der Waals surface area (Å²) in [5, 5.41) is 0. The lowest BCUT2D eigenvalue weighted by molar-refractivity contribution is 0.295. The second-order valence-corrected chi connectivity index (χ2v) is 6.61. The molecule has 22 heavy (non-hydrogen) atoms. The zero-order valence-electron chi connectivity index (χ0n) is 15.9. The van der Waals surface area contributed by atoms with E-state index in [0.29, 0.717) is 0 Å². The molecule has 0 saturated heterocycles. The van der Waals surface area contributed by atoms with Crippen LogP contribution >= 0.6 is 0 Å². The molecule has 0 fully saturated rings. The summed E-state index contributed by atoms with van der Waals surface area (Å²) in [4.78, 5) is 2.53. The fraction of sp³-hybridized carbons (Fsp3) is 0.905. The Kier molecular flexibility index (Phi) is 18.5. The summed E-state index contributed by atoms with van der Waals surface area (Å²) in [7, 11) is 0. The van der Waals surface area contributed by atoms with E-state index in [1.807, 2.05) is 0 Å². The highest BCUT2D eigenvalue weighted by Gasteiger charge is 1.97. The third-order valence-corrected chi connectivity index (χ3v) is 4.63. The minimum absolute atomic E-state index is 1.21. The topological polar surface area (TPSA) is 3.24 Å². The highest BCUT2D eigenvalue weighted by molar-refractivity contribution is 4.81. The molecule has 0 saturated carbocycles. The van der Waals surface area contributed by atoms with E-state index in [9.17, 15) is 0 Å². The van der Waals surface area contributed by atoms with Crippen LogP contribution in [0.2, 0.25) is 0 Å². The van der Waals surface area contributed by atoms with Crippen molar-refractivity contribution in [1.29, 1.82) is 0 Å². The predicted molar refractivity (Wildman–Crippen MR) is 103 cm³/mol. The van der Waals surface area contributed by atoms with Crippen LogP contribution in [0.4, 0.5) is 0 Å². The monoisotopic (exact) mass is 309 g/mol. The van der Waals surface area contributed by atoms with Gasteiger partial charge in [-0.1, -0.05) is 84.3 Å². The quantitative estimate of drug-likeness (QED) is 0.207. The molecule has 0 spiro atoms. The zero-order chi connectivity index (χ0) is 16.3. The van der Waals surface area contributed by atoms with Crippen LogP contribution in [-0.4, -0.2) is 24.5 Å². The Bertz CT molecular complexity index is 218. The highest BCUT2D eigenvalue weighted by atomic mass is 15.1. The Morgan fingerprint density at radius 2 is 1.00 bits per heavy atom. The Labute approximate surface area is 141 Å². The van der Waals surface area contributed by atoms with Crippen molar-refractivity contribution in [3.05, 3.63) is 12.2 Å². The molecule has 0 N–H and O–H groups in total. The van der Waals surface area contributed by atoms with Crippen LogP contribution in [0.3, 0.4) is 0 Å². The standard InChI is InChI=1S/C21H43N/c1-4-7-8-9-10-11-12-13-14-15-16-17-18-19-20-21-22(5-2)6-3/h13-14H,4-12,15-21H2,1-3H3/b14-13+. The van der Waals surface area contributed by atoms with E-state index in [1.165, 1.54) is 103 Å². The zero-order valence-corrected chi connectivity index (χ0v) is 15.9. The van der Waals surface area contributed by atoms with E-state index in [1.54, 1.807) is 0 Å². The van der Waals surface area contributed by atoms with Crippen molar-refractivity contribution in [1.82, 2.24) is 4.90 Å². The third-order valence-electron chi connectivity index (χ3n) is 4.63. The molecule has 0 aliphatic rings. The van der Waals surface area contributed by atoms with Crippen molar-refractivity contribution < 1.29 is 0 Å². The maximum atomic E-state index is 2.53. The minimum atomic E-state index is 1.21. The first-order chi connectivity index (χ1) is 10.8. The summed E-state index contributed by atoms with van der Waals surface area (Å²) in [6, 6.07) is 0. The summed E-state index contributed by atoms with van der Waals surface area (Å²) in [6.07, 6.45) is 22.9. The van der Waals surface area contributed by atoms with Crippen molar-refractivity contribution in [3.8, 4) is 0 Å². The summed E-state index contributed by atoms with van der Waals surface area (Å²) in [5.74, 6) is 0. The molecule has 0 unspecified atom stereocenters. The largest absolute Gasteiger partial charge is 0.304 e. The van der Waals surface area contributed by atoms with Crippen LogP contribution < -0.4 is 0 Å². The van der Waals surface area contributed by atoms with Crippen molar-refractivity contribution in [3.63, 3.8) is 0 Å². The van der Waals surface area contributed by atoms with Crippen LogP contribution in [0.1, 0.15) is 104 Å². The third kappa shape index (κ3) is 16.1. The maximum absolute atomic E-state index is 2.53. The minimum Gasteiger partial charge on any atom is -0.304 e. The average Bonchev–Trinajstić information content (AvgIpc) is 2.55. The number of allylic oxidation sites excluding steroid dienone is 2. The lowest BCUT2D eigenvalue weighted by Gasteiger charge is -2.17. The van der Waals surface area contributed by atoms with Gasteiger partial charge in [-0.25, -0.2) is 0 Å². The lowest BCUT2D eigenvalue weighted by Crippen LogP contribution is -2.23. The Morgan fingerprint density at radius 3 is 1.50 bits per heavy atom. The SMILES string of the molecule is CCCCCCCC/C=C/CCCCCCCN(CC)CC. The molecule has 0 heterocycles. The molecule has 0 amide bonds. The summed E-state index contributed by atoms with van der Waals surface area (Å²) in [5.41, 5.74) is 0. The van der Waals surface area contributed by atoms with Gasteiger partial charge >= 0.3 is 0 Å². The molecule has 0 aliphatic carbocycles. The van der Waals surface area contributed by atoms with Gasteiger partial charge in [0.2, 0.25) is 0 Å². The van der Waals surface area contributed by atoms with Gasteiger partial charge in [-0.05, 0) is 51.7 Å². The molecule has 0 rings (SSSR count). The molecule has 1 nitrogen and oxygen atoms in total. The first-order valence-corrected chi connectivity index (χ1v) is 10.2. The Balaban J connectivity index is 3.14. The molecule has 0 aromatic carbocycles.